The first kappa shape index (κ1) is 100. The van der Waals surface area contributed by atoms with Crippen LogP contribution in [-0.2, 0) is 65.4 Å². The average molecular weight is 1490 g/mol. The number of hydrogen-bond donors (Lipinski definition) is 3. The number of ether oxygens (including phenoxy) is 4. The average Bonchev–Trinajstić information content (AvgIpc) is 0.911. The van der Waals surface area contributed by atoms with Crippen molar-refractivity contribution in [2.45, 2.75) is 458 Å². The number of rotatable bonds is 82. The number of carbonyl (C=O) groups is 4. The van der Waals surface area contributed by atoms with Crippen molar-refractivity contribution in [1.82, 2.24) is 0 Å². The summed E-state index contributed by atoms with van der Waals surface area (Å²) in [6.45, 7) is 9.66. The molecule has 0 radical (unpaired) electrons. The van der Waals surface area contributed by atoms with Gasteiger partial charge in [-0.2, -0.15) is 0 Å². The Kier molecular flexibility index (Phi) is 73.1. The molecule has 0 spiro atoms. The van der Waals surface area contributed by atoms with E-state index in [1.807, 2.05) is 0 Å². The van der Waals surface area contributed by atoms with E-state index in [-0.39, 0.29) is 25.7 Å². The van der Waals surface area contributed by atoms with Crippen LogP contribution in [0.3, 0.4) is 0 Å². The summed E-state index contributed by atoms with van der Waals surface area (Å²) in [7, 11) is -9.92. The number of carbonyl (C=O) groups excluding carboxylic acids is 4. The van der Waals surface area contributed by atoms with E-state index in [0.29, 0.717) is 31.6 Å². The van der Waals surface area contributed by atoms with Gasteiger partial charge >= 0.3 is 39.5 Å². The highest BCUT2D eigenvalue weighted by Gasteiger charge is 2.30. The van der Waals surface area contributed by atoms with E-state index in [0.717, 1.165) is 102 Å². The number of phosphoric acid groups is 2. The Labute approximate surface area is 626 Å². The molecule has 19 heteroatoms. The van der Waals surface area contributed by atoms with E-state index in [1.165, 1.54) is 250 Å². The molecule has 0 saturated carbocycles. The van der Waals surface area contributed by atoms with Gasteiger partial charge < -0.3 is 33.8 Å². The van der Waals surface area contributed by atoms with Gasteiger partial charge in [-0.3, -0.25) is 37.3 Å². The molecule has 0 aromatic carbocycles. The van der Waals surface area contributed by atoms with E-state index in [9.17, 15) is 43.2 Å². The van der Waals surface area contributed by atoms with E-state index < -0.39 is 97.5 Å². The highest BCUT2D eigenvalue weighted by molar-refractivity contribution is 7.47. The van der Waals surface area contributed by atoms with Gasteiger partial charge in [0, 0.05) is 25.7 Å². The Morgan fingerprint density at radius 3 is 0.745 bits per heavy atom. The van der Waals surface area contributed by atoms with Crippen LogP contribution in [0.2, 0.25) is 0 Å². The minimum absolute atomic E-state index is 0.107. The summed E-state index contributed by atoms with van der Waals surface area (Å²) in [5, 5.41) is 10.6. The molecule has 0 rings (SSSR count). The first-order valence-corrected chi connectivity index (χ1v) is 46.0. The third-order valence-corrected chi connectivity index (χ3v) is 21.7. The third kappa shape index (κ3) is 74.9. The Bertz CT molecular complexity index is 1960. The smallest absolute Gasteiger partial charge is 0.462 e. The fourth-order valence-electron chi connectivity index (χ4n) is 12.9. The number of unbranched alkanes of at least 4 members (excludes halogenated alkanes) is 51. The van der Waals surface area contributed by atoms with Crippen molar-refractivity contribution in [3.8, 4) is 0 Å². The van der Waals surface area contributed by atoms with Crippen LogP contribution >= 0.6 is 15.6 Å². The van der Waals surface area contributed by atoms with Crippen molar-refractivity contribution in [1.29, 1.82) is 0 Å². The summed E-state index contributed by atoms with van der Waals surface area (Å²) < 4.78 is 68.7. The fraction of sp³-hybridized carbons (Fsp3) is 0.952. The van der Waals surface area contributed by atoms with E-state index in [1.54, 1.807) is 0 Å². The molecule has 0 amide bonds. The van der Waals surface area contributed by atoms with Gasteiger partial charge in [-0.15, -0.1) is 0 Å². The second-order valence-electron chi connectivity index (χ2n) is 30.6. The van der Waals surface area contributed by atoms with Crippen LogP contribution in [0, 0.1) is 11.8 Å². The number of esters is 4. The summed E-state index contributed by atoms with van der Waals surface area (Å²) in [6, 6.07) is 0. The molecule has 0 heterocycles. The van der Waals surface area contributed by atoms with Crippen LogP contribution in [0.4, 0.5) is 0 Å². The molecule has 6 atom stereocenters. The van der Waals surface area contributed by atoms with Crippen molar-refractivity contribution < 1.29 is 80.2 Å². The first-order valence-electron chi connectivity index (χ1n) is 43.0. The molecule has 102 heavy (non-hydrogen) atoms. The van der Waals surface area contributed by atoms with Crippen LogP contribution in [-0.4, -0.2) is 96.7 Å². The predicted molar refractivity (Wildman–Crippen MR) is 418 cm³/mol. The monoisotopic (exact) mass is 1490 g/mol. The molecule has 0 aromatic rings. The molecule has 0 aliphatic heterocycles. The molecular formula is C83H162O17P2. The molecule has 0 aromatic heterocycles. The normalized spacial score (nSPS) is 14.1. The van der Waals surface area contributed by atoms with Crippen LogP contribution < -0.4 is 0 Å². The quantitative estimate of drug-likeness (QED) is 0.0222. The lowest BCUT2D eigenvalue weighted by Gasteiger charge is -2.21. The van der Waals surface area contributed by atoms with Crippen molar-refractivity contribution in [2.24, 2.45) is 11.8 Å². The topological polar surface area (TPSA) is 237 Å². The number of aliphatic hydroxyl groups is 1. The summed E-state index contributed by atoms with van der Waals surface area (Å²) in [6.07, 6.45) is 65.3. The fourth-order valence-corrected chi connectivity index (χ4v) is 14.4. The highest BCUT2D eigenvalue weighted by Crippen LogP contribution is 2.45. The lowest BCUT2D eigenvalue weighted by Crippen LogP contribution is -2.30. The summed E-state index contributed by atoms with van der Waals surface area (Å²) in [5.41, 5.74) is 0. The number of phosphoric ester groups is 2. The van der Waals surface area contributed by atoms with E-state index in [4.69, 9.17) is 37.0 Å². The molecule has 3 N–H and O–H groups in total. The minimum Gasteiger partial charge on any atom is -0.462 e. The Balaban J connectivity index is 5.20. The van der Waals surface area contributed by atoms with E-state index >= 15 is 0 Å². The van der Waals surface area contributed by atoms with Crippen molar-refractivity contribution in [2.75, 3.05) is 39.6 Å². The predicted octanol–water partition coefficient (Wildman–Crippen LogP) is 25.1. The highest BCUT2D eigenvalue weighted by atomic mass is 31.2. The van der Waals surface area contributed by atoms with Gasteiger partial charge in [-0.1, -0.05) is 388 Å². The van der Waals surface area contributed by atoms with Crippen LogP contribution in [0.1, 0.15) is 440 Å². The van der Waals surface area contributed by atoms with Crippen LogP contribution in [0.5, 0.6) is 0 Å². The maximum Gasteiger partial charge on any atom is 0.472 e. The van der Waals surface area contributed by atoms with Gasteiger partial charge in [-0.05, 0) is 37.5 Å². The lowest BCUT2D eigenvalue weighted by atomic mass is 9.99. The van der Waals surface area contributed by atoms with Crippen molar-refractivity contribution in [3.05, 3.63) is 0 Å². The molecule has 0 fully saturated rings. The van der Waals surface area contributed by atoms with Crippen LogP contribution in [0.25, 0.3) is 0 Å². The van der Waals surface area contributed by atoms with Crippen molar-refractivity contribution in [3.63, 3.8) is 0 Å². The summed E-state index contributed by atoms with van der Waals surface area (Å²) in [5.74, 6) is -0.531. The summed E-state index contributed by atoms with van der Waals surface area (Å²) in [4.78, 5) is 73.0. The van der Waals surface area contributed by atoms with Gasteiger partial charge in [0.1, 0.15) is 19.3 Å². The maximum atomic E-state index is 13.1. The molecule has 0 aliphatic rings. The van der Waals surface area contributed by atoms with Gasteiger partial charge in [0.25, 0.3) is 0 Å². The van der Waals surface area contributed by atoms with Gasteiger partial charge in [0.05, 0.1) is 26.4 Å². The Hall–Kier alpha value is -1.94. The lowest BCUT2D eigenvalue weighted by molar-refractivity contribution is -0.161. The Morgan fingerprint density at radius 1 is 0.284 bits per heavy atom. The van der Waals surface area contributed by atoms with Crippen molar-refractivity contribution >= 4 is 39.5 Å². The molecular weight excluding hydrogens is 1330 g/mol. The van der Waals surface area contributed by atoms with Gasteiger partial charge in [0.2, 0.25) is 0 Å². The molecule has 606 valence electrons. The summed E-state index contributed by atoms with van der Waals surface area (Å²) >= 11 is 0. The molecule has 0 saturated heterocycles. The minimum atomic E-state index is -4.96. The zero-order valence-electron chi connectivity index (χ0n) is 66.9. The molecule has 0 aliphatic carbocycles. The Morgan fingerprint density at radius 2 is 0.500 bits per heavy atom. The number of hydrogen-bond acceptors (Lipinski definition) is 15. The SMILES string of the molecule is CCCCCCCCCCCCCCCCCCCCC(=O)OC[C@H](COP(=O)(O)OC[C@@H](O)COP(=O)(O)OC[C@@H](COC(=O)CCCCCCCCCC(C)C)OC(=O)CCCCCCCCCCCCCC)OC(=O)CCCCCCCCCCCCCCCCCCCCC(C)CC. The molecule has 0 bridgehead atoms. The zero-order valence-corrected chi connectivity index (χ0v) is 68.7. The molecule has 3 unspecified atom stereocenters. The van der Waals surface area contributed by atoms with E-state index in [2.05, 4.69) is 41.5 Å². The van der Waals surface area contributed by atoms with Gasteiger partial charge in [-0.25, -0.2) is 9.13 Å². The second-order valence-corrected chi connectivity index (χ2v) is 33.5. The standard InChI is InChI=1S/C83H162O17P2/c1-7-10-12-14-16-18-20-22-23-24-28-31-34-38-41-47-53-59-65-80(85)93-71-78(99-83(88)68-62-56-49-43-39-35-32-29-26-25-27-30-33-36-40-46-52-58-64-76(6)9-3)73-97-101(89,90)95-69-77(84)70-96-102(91,92)98-74-79(72-94-81(86)66-60-54-50-44-45-51-57-63-75(4)5)100-82(87)67-61-55-48-42-37-21-19-17-15-13-11-8-2/h75-79,84H,7-74H2,1-6H3,(H,89,90)(H,91,92)/t76?,77-,78-,79-/m1/s1. The maximum absolute atomic E-state index is 13.1. The second kappa shape index (κ2) is 74.5. The molecule has 17 nitrogen and oxygen atoms in total. The van der Waals surface area contributed by atoms with Gasteiger partial charge in [0.15, 0.2) is 12.2 Å². The zero-order chi connectivity index (χ0) is 74.9. The third-order valence-electron chi connectivity index (χ3n) is 19.8. The number of aliphatic hydroxyl groups excluding tert-OH is 1. The first-order chi connectivity index (χ1) is 49.4. The largest absolute Gasteiger partial charge is 0.472 e. The van der Waals surface area contributed by atoms with Crippen LogP contribution in [0.15, 0.2) is 0 Å².